The van der Waals surface area contributed by atoms with E-state index < -0.39 is 5.63 Å². The smallest absolute Gasteiger partial charge is 0.336 e. The summed E-state index contributed by atoms with van der Waals surface area (Å²) in [5.41, 5.74) is 1.42. The number of hydrogen-bond donors (Lipinski definition) is 2. The van der Waals surface area contributed by atoms with E-state index in [1.165, 1.54) is 6.07 Å². The third kappa shape index (κ3) is 3.00. The summed E-state index contributed by atoms with van der Waals surface area (Å²) in [4.78, 5) is 13.8. The molecule has 118 valence electrons. The first kappa shape index (κ1) is 15.1. The molecule has 1 heterocycles. The van der Waals surface area contributed by atoms with Gasteiger partial charge in [0.2, 0.25) is 0 Å². The molecule has 5 heteroatoms. The maximum atomic E-state index is 11.8. The molecular weight excluding hydrogens is 282 g/mol. The largest absolute Gasteiger partial charge is 0.508 e. The SMILES string of the molecule is Cc1c(O)ccc2c(CN(C)CC(O)C3CC3)cc(=O)oc12. The lowest BCUT2D eigenvalue weighted by atomic mass is 10.1. The van der Waals surface area contributed by atoms with E-state index in [-0.39, 0.29) is 11.9 Å². The molecule has 3 rings (SSSR count). The molecule has 1 saturated carbocycles. The summed E-state index contributed by atoms with van der Waals surface area (Å²) in [6.07, 6.45) is 1.90. The fourth-order valence-electron chi connectivity index (χ4n) is 2.85. The van der Waals surface area contributed by atoms with Crippen LogP contribution in [0.3, 0.4) is 0 Å². The molecule has 0 amide bonds. The summed E-state index contributed by atoms with van der Waals surface area (Å²) in [6, 6.07) is 4.86. The highest BCUT2D eigenvalue weighted by Gasteiger charge is 2.30. The van der Waals surface area contributed by atoms with Crippen LogP contribution in [0.25, 0.3) is 11.0 Å². The number of aliphatic hydroxyl groups is 1. The molecule has 22 heavy (non-hydrogen) atoms. The van der Waals surface area contributed by atoms with Gasteiger partial charge >= 0.3 is 5.63 Å². The van der Waals surface area contributed by atoms with Crippen LogP contribution in [-0.2, 0) is 6.54 Å². The molecular formula is C17H21NO4. The van der Waals surface area contributed by atoms with E-state index >= 15 is 0 Å². The van der Waals surface area contributed by atoms with Gasteiger partial charge in [-0.2, -0.15) is 0 Å². The van der Waals surface area contributed by atoms with Gasteiger partial charge in [0.1, 0.15) is 11.3 Å². The maximum absolute atomic E-state index is 11.8. The average molecular weight is 303 g/mol. The number of likely N-dealkylation sites (N-methyl/N-ethyl adjacent to an activating group) is 1. The number of rotatable bonds is 5. The normalized spacial score (nSPS) is 16.4. The minimum absolute atomic E-state index is 0.116. The summed E-state index contributed by atoms with van der Waals surface area (Å²) < 4.78 is 5.24. The first-order chi connectivity index (χ1) is 10.5. The maximum Gasteiger partial charge on any atom is 0.336 e. The number of nitrogens with zero attached hydrogens (tertiary/aromatic N) is 1. The fraction of sp³-hybridized carbons (Fsp3) is 0.471. The third-order valence-corrected chi connectivity index (χ3v) is 4.32. The lowest BCUT2D eigenvalue weighted by molar-refractivity contribution is 0.104. The Bertz CT molecular complexity index is 748. The molecule has 1 aromatic carbocycles. The highest BCUT2D eigenvalue weighted by Crippen LogP contribution is 2.33. The molecule has 0 radical (unpaired) electrons. The molecule has 0 aliphatic heterocycles. The van der Waals surface area contributed by atoms with Crippen molar-refractivity contribution in [2.75, 3.05) is 13.6 Å². The Balaban J connectivity index is 1.89. The molecule has 0 saturated heterocycles. The number of aliphatic hydroxyl groups excluding tert-OH is 1. The molecule has 1 aliphatic carbocycles. The van der Waals surface area contributed by atoms with Gasteiger partial charge in [-0.3, -0.25) is 4.90 Å². The van der Waals surface area contributed by atoms with Crippen LogP contribution in [0.4, 0.5) is 0 Å². The summed E-state index contributed by atoms with van der Waals surface area (Å²) in [7, 11) is 1.93. The number of phenols is 1. The summed E-state index contributed by atoms with van der Waals surface area (Å²) in [5.74, 6) is 0.546. The van der Waals surface area contributed by atoms with Gasteiger partial charge in [0.25, 0.3) is 0 Å². The van der Waals surface area contributed by atoms with Gasteiger partial charge in [0.05, 0.1) is 6.10 Å². The van der Waals surface area contributed by atoms with Gasteiger partial charge in [-0.15, -0.1) is 0 Å². The molecule has 1 unspecified atom stereocenters. The Morgan fingerprint density at radius 2 is 2.14 bits per heavy atom. The van der Waals surface area contributed by atoms with Crippen LogP contribution in [0.1, 0.15) is 24.0 Å². The fourth-order valence-corrected chi connectivity index (χ4v) is 2.85. The zero-order chi connectivity index (χ0) is 15.9. The van der Waals surface area contributed by atoms with Gasteiger partial charge in [0, 0.05) is 30.1 Å². The quantitative estimate of drug-likeness (QED) is 0.827. The molecule has 1 aliphatic rings. The highest BCUT2D eigenvalue weighted by molar-refractivity contribution is 5.84. The predicted octanol–water partition coefficient (Wildman–Crippen LogP) is 2.01. The molecule has 2 aromatic rings. The molecule has 2 N–H and O–H groups in total. The first-order valence-electron chi connectivity index (χ1n) is 7.57. The van der Waals surface area contributed by atoms with Crippen LogP contribution >= 0.6 is 0 Å². The minimum atomic E-state index is -0.424. The monoisotopic (exact) mass is 303 g/mol. The van der Waals surface area contributed by atoms with Gasteiger partial charge in [-0.1, -0.05) is 0 Å². The van der Waals surface area contributed by atoms with Crippen molar-refractivity contribution >= 4 is 11.0 Å². The molecule has 1 fully saturated rings. The Morgan fingerprint density at radius 1 is 1.41 bits per heavy atom. The standard InChI is InChI=1S/C17H21NO4/c1-10-14(19)6-5-13-12(7-16(21)22-17(10)13)8-18(2)9-15(20)11-3-4-11/h5-7,11,15,19-20H,3-4,8-9H2,1-2H3. The molecule has 1 atom stereocenters. The van der Waals surface area contributed by atoms with Crippen molar-refractivity contribution in [2.24, 2.45) is 5.92 Å². The lowest BCUT2D eigenvalue weighted by Gasteiger charge is -2.21. The molecule has 1 aromatic heterocycles. The summed E-state index contributed by atoms with van der Waals surface area (Å²) in [5, 5.41) is 20.6. The van der Waals surface area contributed by atoms with E-state index in [0.29, 0.717) is 30.2 Å². The topological polar surface area (TPSA) is 73.9 Å². The van der Waals surface area contributed by atoms with Crippen molar-refractivity contribution in [3.8, 4) is 5.75 Å². The number of hydrogen-bond acceptors (Lipinski definition) is 5. The number of aromatic hydroxyl groups is 1. The van der Waals surface area contributed by atoms with Crippen molar-refractivity contribution in [3.63, 3.8) is 0 Å². The summed E-state index contributed by atoms with van der Waals surface area (Å²) >= 11 is 0. The van der Waals surface area contributed by atoms with Crippen molar-refractivity contribution in [1.29, 1.82) is 0 Å². The zero-order valence-corrected chi connectivity index (χ0v) is 12.9. The lowest BCUT2D eigenvalue weighted by Crippen LogP contribution is -2.30. The highest BCUT2D eigenvalue weighted by atomic mass is 16.4. The number of aryl methyl sites for hydroxylation is 1. The first-order valence-corrected chi connectivity index (χ1v) is 7.57. The Labute approximate surface area is 128 Å². The molecule has 0 bridgehead atoms. The van der Waals surface area contributed by atoms with Crippen molar-refractivity contribution in [2.45, 2.75) is 32.4 Å². The van der Waals surface area contributed by atoms with Gasteiger partial charge in [-0.25, -0.2) is 4.79 Å². The second-order valence-corrected chi connectivity index (χ2v) is 6.28. The third-order valence-electron chi connectivity index (χ3n) is 4.32. The van der Waals surface area contributed by atoms with Crippen molar-refractivity contribution in [3.05, 3.63) is 39.7 Å². The van der Waals surface area contributed by atoms with E-state index in [4.69, 9.17) is 4.42 Å². The number of phenolic OH excluding ortho intramolecular Hbond substituents is 1. The van der Waals surface area contributed by atoms with Crippen LogP contribution in [-0.4, -0.2) is 34.8 Å². The van der Waals surface area contributed by atoms with Crippen LogP contribution in [0, 0.1) is 12.8 Å². The van der Waals surface area contributed by atoms with E-state index in [1.54, 1.807) is 19.1 Å². The van der Waals surface area contributed by atoms with Crippen LogP contribution in [0.5, 0.6) is 5.75 Å². The Hall–Kier alpha value is -1.85. The van der Waals surface area contributed by atoms with Gasteiger partial charge in [0.15, 0.2) is 0 Å². The molecule has 5 nitrogen and oxygen atoms in total. The van der Waals surface area contributed by atoms with Crippen LogP contribution < -0.4 is 5.63 Å². The van der Waals surface area contributed by atoms with Crippen molar-refractivity contribution in [1.82, 2.24) is 4.90 Å². The average Bonchev–Trinajstić information content (AvgIpc) is 3.27. The second-order valence-electron chi connectivity index (χ2n) is 6.28. The minimum Gasteiger partial charge on any atom is -0.508 e. The Morgan fingerprint density at radius 3 is 2.82 bits per heavy atom. The van der Waals surface area contributed by atoms with Gasteiger partial charge in [-0.05, 0) is 50.4 Å². The Kier molecular flexibility index (Phi) is 3.93. The van der Waals surface area contributed by atoms with Gasteiger partial charge < -0.3 is 14.6 Å². The van der Waals surface area contributed by atoms with E-state index in [2.05, 4.69) is 0 Å². The van der Waals surface area contributed by atoms with Crippen LogP contribution in [0.15, 0.2) is 27.4 Å². The number of fused-ring (bicyclic) bond motifs is 1. The van der Waals surface area contributed by atoms with Crippen LogP contribution in [0.2, 0.25) is 0 Å². The number of benzene rings is 1. The van der Waals surface area contributed by atoms with Crippen molar-refractivity contribution < 1.29 is 14.6 Å². The van der Waals surface area contributed by atoms with E-state index in [0.717, 1.165) is 23.8 Å². The molecule has 0 spiro atoms. The van der Waals surface area contributed by atoms with E-state index in [1.807, 2.05) is 11.9 Å². The predicted molar refractivity (Wildman–Crippen MR) is 84.0 cm³/mol. The van der Waals surface area contributed by atoms with E-state index in [9.17, 15) is 15.0 Å². The zero-order valence-electron chi connectivity index (χ0n) is 12.9. The second kappa shape index (κ2) is 5.74. The summed E-state index contributed by atoms with van der Waals surface area (Å²) in [6.45, 7) is 2.87.